The Bertz CT molecular complexity index is 1080. The molecule has 1 aromatic carbocycles. The maximum Gasteiger partial charge on any atom is 0.305 e. The monoisotopic (exact) mass is 525 g/mol. The fourth-order valence-corrected chi connectivity index (χ4v) is 5.74. The van der Waals surface area contributed by atoms with Crippen molar-refractivity contribution in [2.24, 2.45) is 16.8 Å². The van der Waals surface area contributed by atoms with E-state index < -0.39 is 18.3 Å². The largest absolute Gasteiger partial charge is 0.481 e. The molecular formula is C30H40FN3O4. The number of nitrogens with zero attached hydrogens (tertiary/aromatic N) is 2. The smallest absolute Gasteiger partial charge is 0.305 e. The highest BCUT2D eigenvalue weighted by Gasteiger charge is 2.47. The van der Waals surface area contributed by atoms with Crippen LogP contribution in [0.1, 0.15) is 75.2 Å². The molecule has 0 saturated heterocycles. The van der Waals surface area contributed by atoms with E-state index in [1.807, 2.05) is 36.1 Å². The minimum atomic E-state index is -0.962. The number of hydrogen-bond donors (Lipinski definition) is 2. The van der Waals surface area contributed by atoms with Gasteiger partial charge >= 0.3 is 5.97 Å². The van der Waals surface area contributed by atoms with Gasteiger partial charge in [0, 0.05) is 18.7 Å². The third-order valence-electron chi connectivity index (χ3n) is 7.25. The molecule has 0 bridgehead atoms. The van der Waals surface area contributed by atoms with Crippen LogP contribution in [0.3, 0.4) is 0 Å². The molecular weight excluding hydrogens is 485 g/mol. The molecule has 1 saturated carbocycles. The van der Waals surface area contributed by atoms with Gasteiger partial charge in [0.15, 0.2) is 0 Å². The second-order valence-corrected chi connectivity index (χ2v) is 10.6. The number of carboxylic acids is 1. The number of hydrogen-bond acceptors (Lipinski definition) is 4. The number of aliphatic imine (C=N–C) groups is 1. The Hall–Kier alpha value is -3.29. The molecule has 2 unspecified atom stereocenters. The highest BCUT2D eigenvalue weighted by Crippen LogP contribution is 2.43. The van der Waals surface area contributed by atoms with Crippen molar-refractivity contribution in [3.63, 3.8) is 0 Å². The third-order valence-corrected chi connectivity index (χ3v) is 7.25. The molecule has 2 amide bonds. The lowest BCUT2D eigenvalue weighted by Crippen LogP contribution is -2.58. The van der Waals surface area contributed by atoms with E-state index >= 15 is 0 Å². The summed E-state index contributed by atoms with van der Waals surface area (Å²) in [4.78, 5) is 43.6. The average Bonchev–Trinajstić information content (AvgIpc) is 2.85. The lowest BCUT2D eigenvalue weighted by atomic mass is 9.74. The third kappa shape index (κ3) is 7.62. The standard InChI is InChI=1S/C30H40FN3O4/c1-4-5-6-24(11-14-31)26-18-27(35)34(30(33-26)19-21(2)17-22(3)20-30)16-13-23-7-9-25(10-8-23)29(38)32-15-12-28(36)37/h5-11,21-22H,4,12-20H2,1-3H3,(H,32,38)(H,36,37)/b6-5-,24-11+. The van der Waals surface area contributed by atoms with Gasteiger partial charge in [0.25, 0.3) is 5.91 Å². The number of carboxylic acid groups (broad SMARTS) is 1. The maximum atomic E-state index is 13.6. The van der Waals surface area contributed by atoms with Crippen LogP contribution in [0, 0.1) is 11.8 Å². The second kappa shape index (κ2) is 13.5. The number of rotatable bonds is 11. The summed E-state index contributed by atoms with van der Waals surface area (Å²) in [5.74, 6) is -0.438. The molecule has 8 heteroatoms. The SMILES string of the molecule is CC/C=C\C(=C/CF)C1=NC2(CC(C)CC(C)C2)N(CCc2ccc(C(=O)NCCC(=O)O)cc2)C(=O)C1. The number of benzene rings is 1. The Morgan fingerprint density at radius 1 is 1.21 bits per heavy atom. The van der Waals surface area contributed by atoms with Crippen molar-refractivity contribution in [1.29, 1.82) is 0 Å². The number of halogens is 1. The predicted octanol–water partition coefficient (Wildman–Crippen LogP) is 5.12. The van der Waals surface area contributed by atoms with Crippen LogP contribution in [-0.2, 0) is 16.0 Å². The summed E-state index contributed by atoms with van der Waals surface area (Å²) in [6.45, 7) is 6.41. The van der Waals surface area contributed by atoms with Crippen LogP contribution in [0.5, 0.6) is 0 Å². The number of carbonyl (C=O) groups is 3. The van der Waals surface area contributed by atoms with E-state index in [0.717, 1.165) is 31.2 Å². The van der Waals surface area contributed by atoms with Gasteiger partial charge in [-0.25, -0.2) is 4.39 Å². The van der Waals surface area contributed by atoms with Crippen molar-refractivity contribution >= 4 is 23.5 Å². The topological polar surface area (TPSA) is 99.1 Å². The Balaban J connectivity index is 1.80. The van der Waals surface area contributed by atoms with Crippen molar-refractivity contribution in [2.75, 3.05) is 19.8 Å². The normalized spacial score (nSPS) is 24.1. The zero-order valence-corrected chi connectivity index (χ0v) is 22.7. The average molecular weight is 526 g/mol. The van der Waals surface area contributed by atoms with Gasteiger partial charge in [-0.2, -0.15) is 0 Å². The summed E-state index contributed by atoms with van der Waals surface area (Å²) in [5, 5.41) is 11.3. The van der Waals surface area contributed by atoms with Gasteiger partial charge in [0.05, 0.1) is 18.6 Å². The fraction of sp³-hybridized carbons (Fsp3) is 0.533. The van der Waals surface area contributed by atoms with Crippen LogP contribution in [0.4, 0.5) is 4.39 Å². The van der Waals surface area contributed by atoms with Gasteiger partial charge in [-0.05, 0) is 73.3 Å². The molecule has 1 aromatic rings. The highest BCUT2D eigenvalue weighted by molar-refractivity contribution is 6.13. The minimum Gasteiger partial charge on any atom is -0.481 e. The maximum absolute atomic E-state index is 13.6. The molecule has 2 atom stereocenters. The number of amides is 2. The van der Waals surface area contributed by atoms with E-state index in [4.69, 9.17) is 10.1 Å². The molecule has 38 heavy (non-hydrogen) atoms. The van der Waals surface area contributed by atoms with Gasteiger partial charge in [-0.3, -0.25) is 19.4 Å². The lowest BCUT2D eigenvalue weighted by Gasteiger charge is -2.50. The van der Waals surface area contributed by atoms with Gasteiger partial charge in [0.2, 0.25) is 5.91 Å². The van der Waals surface area contributed by atoms with Crippen LogP contribution in [0.2, 0.25) is 0 Å². The van der Waals surface area contributed by atoms with E-state index in [2.05, 4.69) is 19.2 Å². The van der Waals surface area contributed by atoms with Gasteiger partial charge in [0.1, 0.15) is 12.3 Å². The summed E-state index contributed by atoms with van der Waals surface area (Å²) in [6, 6.07) is 7.17. The van der Waals surface area contributed by atoms with Gasteiger partial charge in [-0.1, -0.05) is 45.1 Å². The molecule has 3 rings (SSSR count). The number of nitrogens with one attached hydrogen (secondary N) is 1. The second-order valence-electron chi connectivity index (χ2n) is 10.6. The zero-order chi connectivity index (χ0) is 27.7. The summed E-state index contributed by atoms with van der Waals surface area (Å²) >= 11 is 0. The molecule has 2 aliphatic rings. The first kappa shape index (κ1) is 29.3. The molecule has 1 aliphatic carbocycles. The van der Waals surface area contributed by atoms with Gasteiger partial charge in [-0.15, -0.1) is 0 Å². The van der Waals surface area contributed by atoms with Crippen LogP contribution in [0.15, 0.2) is 53.1 Å². The lowest BCUT2D eigenvalue weighted by molar-refractivity contribution is -0.140. The zero-order valence-electron chi connectivity index (χ0n) is 22.7. The van der Waals surface area contributed by atoms with Gasteiger partial charge < -0.3 is 15.3 Å². The first-order valence-corrected chi connectivity index (χ1v) is 13.6. The van der Waals surface area contributed by atoms with E-state index in [-0.39, 0.29) is 31.2 Å². The Kier molecular flexibility index (Phi) is 10.4. The molecule has 7 nitrogen and oxygen atoms in total. The fourth-order valence-electron chi connectivity index (χ4n) is 5.74. The molecule has 206 valence electrons. The van der Waals surface area contributed by atoms with Crippen molar-refractivity contribution < 1.29 is 23.9 Å². The van der Waals surface area contributed by atoms with E-state index in [1.54, 1.807) is 12.1 Å². The molecule has 1 aliphatic heterocycles. The highest BCUT2D eigenvalue weighted by atomic mass is 19.1. The summed E-state index contributed by atoms with van der Waals surface area (Å²) in [5.41, 5.74) is 2.19. The molecule has 2 N–H and O–H groups in total. The minimum absolute atomic E-state index is 0.0142. The van der Waals surface area contributed by atoms with Crippen LogP contribution in [-0.4, -0.2) is 58.9 Å². The summed E-state index contributed by atoms with van der Waals surface area (Å²) < 4.78 is 13.3. The predicted molar refractivity (Wildman–Crippen MR) is 147 cm³/mol. The van der Waals surface area contributed by atoms with Crippen molar-refractivity contribution in [3.05, 3.63) is 59.2 Å². The van der Waals surface area contributed by atoms with Crippen molar-refractivity contribution in [1.82, 2.24) is 10.2 Å². The number of carbonyl (C=O) groups excluding carboxylic acids is 2. The number of aliphatic carboxylic acids is 1. The van der Waals surface area contributed by atoms with Crippen molar-refractivity contribution in [2.45, 2.75) is 71.4 Å². The Labute approximate surface area is 224 Å². The number of allylic oxidation sites excluding steroid dienone is 4. The Morgan fingerprint density at radius 3 is 2.50 bits per heavy atom. The van der Waals surface area contributed by atoms with Crippen molar-refractivity contribution in [3.8, 4) is 0 Å². The van der Waals surface area contributed by atoms with E-state index in [0.29, 0.717) is 41.6 Å². The number of alkyl halides is 1. The summed E-state index contributed by atoms with van der Waals surface area (Å²) in [7, 11) is 0. The molecule has 0 aromatic heterocycles. The molecule has 1 spiro atoms. The first-order valence-electron chi connectivity index (χ1n) is 13.6. The molecule has 0 radical (unpaired) electrons. The Morgan fingerprint density at radius 2 is 1.89 bits per heavy atom. The van der Waals surface area contributed by atoms with E-state index in [9.17, 15) is 18.8 Å². The van der Waals surface area contributed by atoms with Crippen LogP contribution >= 0.6 is 0 Å². The van der Waals surface area contributed by atoms with E-state index in [1.165, 1.54) is 6.08 Å². The molecule has 1 heterocycles. The quantitative estimate of drug-likeness (QED) is 0.392. The summed E-state index contributed by atoms with van der Waals surface area (Å²) in [6.07, 6.45) is 9.47. The van der Waals surface area contributed by atoms with Crippen LogP contribution in [0.25, 0.3) is 0 Å². The van der Waals surface area contributed by atoms with Crippen LogP contribution < -0.4 is 5.32 Å². The molecule has 1 fully saturated rings. The first-order chi connectivity index (χ1) is 18.2.